The third-order valence-corrected chi connectivity index (χ3v) is 3.43. The summed E-state index contributed by atoms with van der Waals surface area (Å²) in [5, 5.41) is 6.35. The number of aryl methyl sites for hydroxylation is 1. The van der Waals surface area contributed by atoms with Gasteiger partial charge in [0.2, 0.25) is 5.91 Å². The fraction of sp³-hybridized carbons (Fsp3) is 0.533. The van der Waals surface area contributed by atoms with Crippen molar-refractivity contribution in [3.05, 3.63) is 35.4 Å². The molecular weight excluding hydrogens is 238 g/mol. The van der Waals surface area contributed by atoms with E-state index in [0.29, 0.717) is 19.1 Å². The maximum absolute atomic E-state index is 11.9. The Morgan fingerprint density at radius 3 is 2.84 bits per heavy atom. The van der Waals surface area contributed by atoms with Crippen LogP contribution in [0.2, 0.25) is 0 Å². The average Bonchev–Trinajstić information content (AvgIpc) is 2.38. The number of piperazine rings is 1. The van der Waals surface area contributed by atoms with E-state index in [2.05, 4.69) is 53.6 Å². The standard InChI is InChI=1S/C15H23N3O/c1-12-3-5-14(6-4-12)9-17-15(19)11-18-8-7-16-13(2)10-18/h3-6,13,16H,7-11H2,1-2H3,(H,17,19)/t13-/m1/s1. The maximum atomic E-state index is 11.9. The second-order valence-electron chi connectivity index (χ2n) is 5.35. The fourth-order valence-corrected chi connectivity index (χ4v) is 2.32. The Kier molecular flexibility index (Phi) is 4.93. The topological polar surface area (TPSA) is 44.4 Å². The van der Waals surface area contributed by atoms with Gasteiger partial charge in [-0.1, -0.05) is 29.8 Å². The SMILES string of the molecule is Cc1ccc(CNC(=O)CN2CCN[C@H](C)C2)cc1. The predicted molar refractivity (Wildman–Crippen MR) is 76.9 cm³/mol. The first-order chi connectivity index (χ1) is 9.13. The van der Waals surface area contributed by atoms with Crippen molar-refractivity contribution in [1.29, 1.82) is 0 Å². The van der Waals surface area contributed by atoms with Gasteiger partial charge >= 0.3 is 0 Å². The summed E-state index contributed by atoms with van der Waals surface area (Å²) in [6.45, 7) is 8.18. The minimum Gasteiger partial charge on any atom is -0.351 e. The van der Waals surface area contributed by atoms with Gasteiger partial charge in [0.1, 0.15) is 0 Å². The van der Waals surface area contributed by atoms with Crippen molar-refractivity contribution in [2.75, 3.05) is 26.2 Å². The van der Waals surface area contributed by atoms with Gasteiger partial charge in [-0.3, -0.25) is 9.69 Å². The van der Waals surface area contributed by atoms with Gasteiger partial charge in [-0.2, -0.15) is 0 Å². The molecule has 1 heterocycles. The highest BCUT2D eigenvalue weighted by Crippen LogP contribution is 2.03. The molecule has 2 N–H and O–H groups in total. The number of hydrogen-bond acceptors (Lipinski definition) is 3. The summed E-state index contributed by atoms with van der Waals surface area (Å²) in [5.41, 5.74) is 2.39. The van der Waals surface area contributed by atoms with Crippen molar-refractivity contribution in [1.82, 2.24) is 15.5 Å². The molecule has 0 spiro atoms. The summed E-state index contributed by atoms with van der Waals surface area (Å²) in [4.78, 5) is 14.1. The number of amides is 1. The number of nitrogens with one attached hydrogen (secondary N) is 2. The minimum atomic E-state index is 0.106. The number of rotatable bonds is 4. The number of nitrogens with zero attached hydrogens (tertiary/aromatic N) is 1. The van der Waals surface area contributed by atoms with E-state index in [4.69, 9.17) is 0 Å². The molecule has 1 amide bonds. The second kappa shape index (κ2) is 6.68. The van der Waals surface area contributed by atoms with Crippen LogP contribution in [0.3, 0.4) is 0 Å². The highest BCUT2D eigenvalue weighted by Gasteiger charge is 2.17. The lowest BCUT2D eigenvalue weighted by Gasteiger charge is -2.31. The monoisotopic (exact) mass is 261 g/mol. The van der Waals surface area contributed by atoms with Crippen LogP contribution in [0.25, 0.3) is 0 Å². The van der Waals surface area contributed by atoms with Gasteiger partial charge in [-0.05, 0) is 19.4 Å². The van der Waals surface area contributed by atoms with E-state index in [0.717, 1.165) is 25.2 Å². The molecular formula is C15H23N3O. The van der Waals surface area contributed by atoms with E-state index in [1.807, 2.05) is 0 Å². The summed E-state index contributed by atoms with van der Waals surface area (Å²) < 4.78 is 0. The second-order valence-corrected chi connectivity index (χ2v) is 5.35. The van der Waals surface area contributed by atoms with Gasteiger partial charge in [-0.15, -0.1) is 0 Å². The highest BCUT2D eigenvalue weighted by molar-refractivity contribution is 5.78. The van der Waals surface area contributed by atoms with Crippen LogP contribution in [-0.2, 0) is 11.3 Å². The van der Waals surface area contributed by atoms with Gasteiger partial charge in [-0.25, -0.2) is 0 Å². The molecule has 1 atom stereocenters. The quantitative estimate of drug-likeness (QED) is 0.846. The van der Waals surface area contributed by atoms with Crippen molar-refractivity contribution >= 4 is 5.91 Å². The summed E-state index contributed by atoms with van der Waals surface area (Å²) >= 11 is 0. The Hall–Kier alpha value is -1.39. The summed E-state index contributed by atoms with van der Waals surface area (Å²) in [6.07, 6.45) is 0. The van der Waals surface area contributed by atoms with Crippen LogP contribution in [0, 0.1) is 6.92 Å². The predicted octanol–water partition coefficient (Wildman–Crippen LogP) is 0.905. The molecule has 0 aliphatic carbocycles. The van der Waals surface area contributed by atoms with Crippen LogP contribution in [-0.4, -0.2) is 43.0 Å². The molecule has 1 aromatic carbocycles. The molecule has 1 saturated heterocycles. The summed E-state index contributed by atoms with van der Waals surface area (Å²) in [5.74, 6) is 0.106. The zero-order chi connectivity index (χ0) is 13.7. The molecule has 19 heavy (non-hydrogen) atoms. The molecule has 104 valence electrons. The van der Waals surface area contributed by atoms with Crippen molar-refractivity contribution in [3.8, 4) is 0 Å². The smallest absolute Gasteiger partial charge is 0.234 e. The third-order valence-electron chi connectivity index (χ3n) is 3.43. The molecule has 4 nitrogen and oxygen atoms in total. The van der Waals surface area contributed by atoms with E-state index >= 15 is 0 Å². The Morgan fingerprint density at radius 1 is 1.42 bits per heavy atom. The summed E-state index contributed by atoms with van der Waals surface area (Å²) in [7, 11) is 0. The van der Waals surface area contributed by atoms with Crippen LogP contribution in [0.1, 0.15) is 18.1 Å². The van der Waals surface area contributed by atoms with Crippen LogP contribution in [0.4, 0.5) is 0 Å². The number of benzene rings is 1. The Morgan fingerprint density at radius 2 is 2.16 bits per heavy atom. The molecule has 0 saturated carbocycles. The fourth-order valence-electron chi connectivity index (χ4n) is 2.32. The van der Waals surface area contributed by atoms with Gasteiger partial charge in [0.05, 0.1) is 6.54 Å². The van der Waals surface area contributed by atoms with Gasteiger partial charge < -0.3 is 10.6 Å². The van der Waals surface area contributed by atoms with Crippen molar-refractivity contribution in [3.63, 3.8) is 0 Å². The van der Waals surface area contributed by atoms with Crippen molar-refractivity contribution < 1.29 is 4.79 Å². The van der Waals surface area contributed by atoms with Gasteiger partial charge in [0, 0.05) is 32.2 Å². The van der Waals surface area contributed by atoms with Crippen LogP contribution in [0.15, 0.2) is 24.3 Å². The zero-order valence-corrected chi connectivity index (χ0v) is 11.8. The van der Waals surface area contributed by atoms with E-state index in [-0.39, 0.29) is 5.91 Å². The Labute approximate surface area is 115 Å². The zero-order valence-electron chi connectivity index (χ0n) is 11.8. The molecule has 0 unspecified atom stereocenters. The number of carbonyl (C=O) groups is 1. The normalized spacial score (nSPS) is 20.2. The first-order valence-electron chi connectivity index (χ1n) is 6.91. The lowest BCUT2D eigenvalue weighted by molar-refractivity contribution is -0.122. The van der Waals surface area contributed by atoms with Crippen molar-refractivity contribution in [2.24, 2.45) is 0 Å². The van der Waals surface area contributed by atoms with E-state index in [9.17, 15) is 4.79 Å². The molecule has 4 heteroatoms. The molecule has 2 rings (SSSR count). The largest absolute Gasteiger partial charge is 0.351 e. The third kappa shape index (κ3) is 4.65. The number of carbonyl (C=O) groups excluding carboxylic acids is 1. The summed E-state index contributed by atoms with van der Waals surface area (Å²) in [6, 6.07) is 8.72. The van der Waals surface area contributed by atoms with Crippen molar-refractivity contribution in [2.45, 2.75) is 26.4 Å². The van der Waals surface area contributed by atoms with Crippen LogP contribution < -0.4 is 10.6 Å². The Bertz CT molecular complexity index is 416. The van der Waals surface area contributed by atoms with Crippen LogP contribution in [0.5, 0.6) is 0 Å². The lowest BCUT2D eigenvalue weighted by Crippen LogP contribution is -2.51. The first kappa shape index (κ1) is 14.0. The average molecular weight is 261 g/mol. The first-order valence-corrected chi connectivity index (χ1v) is 6.91. The van der Waals surface area contributed by atoms with Gasteiger partial charge in [0.25, 0.3) is 0 Å². The lowest BCUT2D eigenvalue weighted by atomic mass is 10.1. The van der Waals surface area contributed by atoms with Crippen LogP contribution >= 0.6 is 0 Å². The van der Waals surface area contributed by atoms with E-state index in [1.165, 1.54) is 5.56 Å². The van der Waals surface area contributed by atoms with E-state index < -0.39 is 0 Å². The maximum Gasteiger partial charge on any atom is 0.234 e. The molecule has 1 fully saturated rings. The molecule has 1 aromatic rings. The molecule has 0 aromatic heterocycles. The Balaban J connectivity index is 1.73. The number of hydrogen-bond donors (Lipinski definition) is 2. The molecule has 0 bridgehead atoms. The molecule has 1 aliphatic rings. The van der Waals surface area contributed by atoms with E-state index in [1.54, 1.807) is 0 Å². The van der Waals surface area contributed by atoms with Gasteiger partial charge in [0.15, 0.2) is 0 Å². The molecule has 1 aliphatic heterocycles. The highest BCUT2D eigenvalue weighted by atomic mass is 16.2. The molecule has 0 radical (unpaired) electrons. The minimum absolute atomic E-state index is 0.106.